The van der Waals surface area contributed by atoms with E-state index in [1.54, 1.807) is 25.6 Å². The SMILES string of the molecule is COC1CCCC(O)(c2cnccc2N)C1. The summed E-state index contributed by atoms with van der Waals surface area (Å²) in [5.74, 6) is 0. The van der Waals surface area contributed by atoms with Crippen molar-refractivity contribution >= 4 is 5.69 Å². The van der Waals surface area contributed by atoms with Crippen LogP contribution >= 0.6 is 0 Å². The van der Waals surface area contributed by atoms with Crippen LogP contribution in [-0.4, -0.2) is 23.3 Å². The molecule has 0 radical (unpaired) electrons. The first-order valence-electron chi connectivity index (χ1n) is 5.61. The van der Waals surface area contributed by atoms with Gasteiger partial charge in [0.1, 0.15) is 0 Å². The number of pyridine rings is 1. The number of anilines is 1. The first kappa shape index (κ1) is 11.4. The van der Waals surface area contributed by atoms with E-state index in [2.05, 4.69) is 4.98 Å². The molecule has 2 rings (SSSR count). The third-order valence-electron chi connectivity index (χ3n) is 3.37. The maximum atomic E-state index is 10.6. The zero-order chi connectivity index (χ0) is 11.6. The molecule has 0 aliphatic heterocycles. The van der Waals surface area contributed by atoms with Gasteiger partial charge in [-0.3, -0.25) is 4.98 Å². The van der Waals surface area contributed by atoms with Crippen LogP contribution in [0.25, 0.3) is 0 Å². The molecular weight excluding hydrogens is 204 g/mol. The fourth-order valence-corrected chi connectivity index (χ4v) is 2.44. The molecule has 1 fully saturated rings. The summed E-state index contributed by atoms with van der Waals surface area (Å²) in [6, 6.07) is 1.73. The summed E-state index contributed by atoms with van der Waals surface area (Å²) < 4.78 is 5.33. The molecule has 0 spiro atoms. The van der Waals surface area contributed by atoms with Gasteiger partial charge in [0.15, 0.2) is 0 Å². The molecule has 3 N–H and O–H groups in total. The molecule has 0 aromatic carbocycles. The number of nitrogens with two attached hydrogens (primary N) is 1. The lowest BCUT2D eigenvalue weighted by molar-refractivity contribution is -0.0628. The number of aliphatic hydroxyl groups is 1. The zero-order valence-corrected chi connectivity index (χ0v) is 9.52. The lowest BCUT2D eigenvalue weighted by Crippen LogP contribution is -2.36. The fourth-order valence-electron chi connectivity index (χ4n) is 2.44. The summed E-state index contributed by atoms with van der Waals surface area (Å²) in [6.07, 6.45) is 6.68. The van der Waals surface area contributed by atoms with Gasteiger partial charge < -0.3 is 15.6 Å². The molecule has 1 saturated carbocycles. The van der Waals surface area contributed by atoms with E-state index in [0.717, 1.165) is 24.8 Å². The Labute approximate surface area is 95.4 Å². The van der Waals surface area contributed by atoms with E-state index in [0.29, 0.717) is 12.1 Å². The van der Waals surface area contributed by atoms with Gasteiger partial charge in [0, 0.05) is 37.2 Å². The molecule has 4 nitrogen and oxygen atoms in total. The Kier molecular flexibility index (Phi) is 3.12. The van der Waals surface area contributed by atoms with Gasteiger partial charge in [0.2, 0.25) is 0 Å². The van der Waals surface area contributed by atoms with Crippen LogP contribution in [0.3, 0.4) is 0 Å². The number of ether oxygens (including phenoxy) is 1. The Morgan fingerprint density at radius 3 is 3.12 bits per heavy atom. The van der Waals surface area contributed by atoms with E-state index < -0.39 is 5.60 Å². The Hall–Kier alpha value is -1.13. The number of nitrogen functional groups attached to an aromatic ring is 1. The van der Waals surface area contributed by atoms with Crippen LogP contribution in [0.2, 0.25) is 0 Å². The highest BCUT2D eigenvalue weighted by molar-refractivity contribution is 5.48. The molecule has 4 heteroatoms. The molecule has 1 aromatic rings. The van der Waals surface area contributed by atoms with E-state index in [1.165, 1.54) is 0 Å². The minimum Gasteiger partial charge on any atom is -0.398 e. The van der Waals surface area contributed by atoms with Crippen LogP contribution < -0.4 is 5.73 Å². The van der Waals surface area contributed by atoms with Gasteiger partial charge >= 0.3 is 0 Å². The molecule has 16 heavy (non-hydrogen) atoms. The predicted molar refractivity (Wildman–Crippen MR) is 61.8 cm³/mol. The standard InChI is InChI=1S/C12H18N2O2/c1-16-9-3-2-5-12(15,7-9)10-8-14-6-4-11(10)13/h4,6,8-9,15H,2-3,5,7H2,1H3,(H2,13,14). The average Bonchev–Trinajstić information content (AvgIpc) is 2.29. The number of hydrogen-bond acceptors (Lipinski definition) is 4. The van der Waals surface area contributed by atoms with Crippen molar-refractivity contribution in [2.75, 3.05) is 12.8 Å². The van der Waals surface area contributed by atoms with Gasteiger partial charge in [-0.25, -0.2) is 0 Å². The summed E-state index contributed by atoms with van der Waals surface area (Å²) in [4.78, 5) is 4.04. The molecule has 2 unspecified atom stereocenters. The minimum absolute atomic E-state index is 0.110. The van der Waals surface area contributed by atoms with E-state index in [1.807, 2.05) is 0 Å². The highest BCUT2D eigenvalue weighted by Gasteiger charge is 2.37. The van der Waals surface area contributed by atoms with Crippen LogP contribution in [0.1, 0.15) is 31.2 Å². The summed E-state index contributed by atoms with van der Waals surface area (Å²) in [7, 11) is 1.68. The maximum absolute atomic E-state index is 10.6. The van der Waals surface area contributed by atoms with E-state index in [9.17, 15) is 5.11 Å². The van der Waals surface area contributed by atoms with E-state index in [-0.39, 0.29) is 6.10 Å². The van der Waals surface area contributed by atoms with Crippen molar-refractivity contribution < 1.29 is 9.84 Å². The van der Waals surface area contributed by atoms with Gasteiger partial charge in [-0.2, -0.15) is 0 Å². The first-order valence-corrected chi connectivity index (χ1v) is 5.61. The second kappa shape index (κ2) is 4.39. The van der Waals surface area contributed by atoms with Crippen LogP contribution in [0.5, 0.6) is 0 Å². The van der Waals surface area contributed by atoms with Gasteiger partial charge in [-0.05, 0) is 25.3 Å². The van der Waals surface area contributed by atoms with Crippen molar-refractivity contribution in [1.82, 2.24) is 4.98 Å². The van der Waals surface area contributed by atoms with Crippen LogP contribution in [0.15, 0.2) is 18.5 Å². The molecule has 88 valence electrons. The fraction of sp³-hybridized carbons (Fsp3) is 0.583. The third kappa shape index (κ3) is 2.03. The smallest absolute Gasteiger partial charge is 0.0956 e. The predicted octanol–water partition coefficient (Wildman–Crippen LogP) is 1.44. The average molecular weight is 222 g/mol. The number of hydrogen-bond donors (Lipinski definition) is 2. The lowest BCUT2D eigenvalue weighted by atomic mass is 9.78. The summed E-state index contributed by atoms with van der Waals surface area (Å²) >= 11 is 0. The van der Waals surface area contributed by atoms with Crippen molar-refractivity contribution in [2.45, 2.75) is 37.4 Å². The molecule has 0 amide bonds. The second-order valence-corrected chi connectivity index (χ2v) is 4.45. The Morgan fingerprint density at radius 1 is 1.62 bits per heavy atom. The van der Waals surface area contributed by atoms with Crippen molar-refractivity contribution in [2.24, 2.45) is 0 Å². The monoisotopic (exact) mass is 222 g/mol. The molecule has 0 saturated heterocycles. The summed E-state index contributed by atoms with van der Waals surface area (Å²) in [6.45, 7) is 0. The van der Waals surface area contributed by atoms with E-state index >= 15 is 0 Å². The van der Waals surface area contributed by atoms with Crippen molar-refractivity contribution in [3.63, 3.8) is 0 Å². The molecule has 1 aliphatic rings. The highest BCUT2D eigenvalue weighted by atomic mass is 16.5. The van der Waals surface area contributed by atoms with Gasteiger partial charge in [-0.15, -0.1) is 0 Å². The number of rotatable bonds is 2. The molecule has 1 heterocycles. The molecular formula is C12H18N2O2. The largest absolute Gasteiger partial charge is 0.398 e. The normalized spacial score (nSPS) is 30.2. The zero-order valence-electron chi connectivity index (χ0n) is 9.52. The number of nitrogens with zero attached hydrogens (tertiary/aromatic N) is 1. The Balaban J connectivity index is 2.27. The second-order valence-electron chi connectivity index (χ2n) is 4.45. The summed E-state index contributed by atoms with van der Waals surface area (Å²) in [5, 5.41) is 10.6. The maximum Gasteiger partial charge on any atom is 0.0956 e. The molecule has 1 aromatic heterocycles. The van der Waals surface area contributed by atoms with E-state index in [4.69, 9.17) is 10.5 Å². The van der Waals surface area contributed by atoms with Crippen LogP contribution in [0.4, 0.5) is 5.69 Å². The van der Waals surface area contributed by atoms with Crippen LogP contribution in [0, 0.1) is 0 Å². The molecule has 0 bridgehead atoms. The van der Waals surface area contributed by atoms with Gasteiger partial charge in [-0.1, -0.05) is 0 Å². The minimum atomic E-state index is -0.878. The van der Waals surface area contributed by atoms with Crippen molar-refractivity contribution in [1.29, 1.82) is 0 Å². The Bertz CT molecular complexity index is 370. The molecule has 1 aliphatic carbocycles. The number of aromatic nitrogens is 1. The Morgan fingerprint density at radius 2 is 2.44 bits per heavy atom. The summed E-state index contributed by atoms with van der Waals surface area (Å²) in [5.41, 5.74) is 6.34. The highest BCUT2D eigenvalue weighted by Crippen LogP contribution is 2.39. The van der Waals surface area contributed by atoms with Crippen molar-refractivity contribution in [3.8, 4) is 0 Å². The van der Waals surface area contributed by atoms with Gasteiger partial charge in [0.25, 0.3) is 0 Å². The first-order chi connectivity index (χ1) is 7.65. The molecule has 2 atom stereocenters. The lowest BCUT2D eigenvalue weighted by Gasteiger charge is -2.36. The number of methoxy groups -OCH3 is 1. The quantitative estimate of drug-likeness (QED) is 0.794. The van der Waals surface area contributed by atoms with Gasteiger partial charge in [0.05, 0.1) is 11.7 Å². The topological polar surface area (TPSA) is 68.4 Å². The van der Waals surface area contributed by atoms with Crippen molar-refractivity contribution in [3.05, 3.63) is 24.0 Å². The third-order valence-corrected chi connectivity index (χ3v) is 3.37. The van der Waals surface area contributed by atoms with Crippen LogP contribution in [-0.2, 0) is 10.3 Å².